The van der Waals surface area contributed by atoms with Gasteiger partial charge in [0.05, 0.1) is 0 Å². The Labute approximate surface area is 94.3 Å². The van der Waals surface area contributed by atoms with Gasteiger partial charge in [-0.1, -0.05) is 0 Å². The third kappa shape index (κ3) is 4.65. The summed E-state index contributed by atoms with van der Waals surface area (Å²) in [4.78, 5) is 10.5. The molecule has 0 fully saturated rings. The zero-order chi connectivity index (χ0) is 12.0. The number of hydrogen-bond donors (Lipinski definition) is 2. The minimum Gasteiger partial charge on any atom is -0.492 e. The molecule has 0 aromatic heterocycles. The predicted molar refractivity (Wildman–Crippen MR) is 60.3 cm³/mol. The van der Waals surface area contributed by atoms with Crippen LogP contribution in [0, 0.1) is 0 Å². The second kappa shape index (κ2) is 5.97. The highest BCUT2D eigenvalue weighted by Gasteiger charge is 1.99. The molecular weight excluding hydrogens is 208 g/mol. The van der Waals surface area contributed by atoms with Crippen LogP contribution in [0.25, 0.3) is 0 Å². The average Bonchev–Trinajstić information content (AvgIpc) is 2.25. The molecular formula is C11H16N2O3. The molecule has 0 saturated heterocycles. The van der Waals surface area contributed by atoms with Crippen molar-refractivity contribution in [2.24, 2.45) is 11.5 Å². The smallest absolute Gasteiger partial charge is 0.255 e. The maximum absolute atomic E-state index is 10.5. The van der Waals surface area contributed by atoms with Gasteiger partial charge in [0.2, 0.25) is 0 Å². The van der Waals surface area contributed by atoms with E-state index < -0.39 is 5.91 Å². The maximum atomic E-state index is 10.5. The maximum Gasteiger partial charge on any atom is 0.255 e. The van der Waals surface area contributed by atoms with E-state index in [-0.39, 0.29) is 12.6 Å². The highest BCUT2D eigenvalue weighted by Crippen LogP contribution is 2.17. The molecule has 0 radical (unpaired) electrons. The largest absolute Gasteiger partial charge is 0.492 e. The molecule has 1 rings (SSSR count). The molecule has 1 aromatic rings. The standard InChI is InChI=1S/C11H16N2O3/c1-8(12)6-15-9-2-4-10(5-3-9)16-7-11(13)14/h2-5,8H,6-7,12H2,1H3,(H2,13,14)/t8-/m1/s1. The number of hydrogen-bond acceptors (Lipinski definition) is 4. The number of rotatable bonds is 6. The molecule has 0 bridgehead atoms. The van der Waals surface area contributed by atoms with Gasteiger partial charge in [-0.15, -0.1) is 0 Å². The Morgan fingerprint density at radius 3 is 2.19 bits per heavy atom. The summed E-state index contributed by atoms with van der Waals surface area (Å²) < 4.78 is 10.5. The van der Waals surface area contributed by atoms with Crippen LogP contribution in [-0.2, 0) is 4.79 Å². The SMILES string of the molecule is C[C@@H](N)COc1ccc(OCC(N)=O)cc1. The molecule has 5 heteroatoms. The van der Waals surface area contributed by atoms with Gasteiger partial charge in [-0.2, -0.15) is 0 Å². The first kappa shape index (κ1) is 12.3. The van der Waals surface area contributed by atoms with E-state index >= 15 is 0 Å². The molecule has 0 spiro atoms. The molecule has 1 amide bonds. The Kier molecular flexibility index (Phi) is 4.60. The van der Waals surface area contributed by atoms with Crippen molar-refractivity contribution in [2.45, 2.75) is 13.0 Å². The quantitative estimate of drug-likeness (QED) is 0.726. The van der Waals surface area contributed by atoms with Crippen LogP contribution in [0.5, 0.6) is 11.5 Å². The zero-order valence-corrected chi connectivity index (χ0v) is 9.18. The van der Waals surface area contributed by atoms with E-state index in [1.807, 2.05) is 6.92 Å². The van der Waals surface area contributed by atoms with E-state index in [2.05, 4.69) is 0 Å². The molecule has 4 N–H and O–H groups in total. The number of carbonyl (C=O) groups excluding carboxylic acids is 1. The second-order valence-corrected chi connectivity index (χ2v) is 3.51. The van der Waals surface area contributed by atoms with Crippen LogP contribution in [0.3, 0.4) is 0 Å². The Morgan fingerprint density at radius 1 is 1.25 bits per heavy atom. The van der Waals surface area contributed by atoms with E-state index in [9.17, 15) is 4.79 Å². The minimum atomic E-state index is -0.503. The molecule has 5 nitrogen and oxygen atoms in total. The third-order valence-electron chi connectivity index (χ3n) is 1.72. The van der Waals surface area contributed by atoms with Crippen LogP contribution in [0.4, 0.5) is 0 Å². The summed E-state index contributed by atoms with van der Waals surface area (Å²) in [6, 6.07) is 6.90. The van der Waals surface area contributed by atoms with Crippen molar-refractivity contribution in [3.05, 3.63) is 24.3 Å². The summed E-state index contributed by atoms with van der Waals surface area (Å²) in [7, 11) is 0. The van der Waals surface area contributed by atoms with Crippen LogP contribution < -0.4 is 20.9 Å². The second-order valence-electron chi connectivity index (χ2n) is 3.51. The lowest BCUT2D eigenvalue weighted by atomic mass is 10.3. The van der Waals surface area contributed by atoms with Gasteiger partial charge in [0.1, 0.15) is 18.1 Å². The van der Waals surface area contributed by atoms with Crippen LogP contribution in [0.15, 0.2) is 24.3 Å². The fourth-order valence-electron chi connectivity index (χ4n) is 1.01. The van der Waals surface area contributed by atoms with Crippen molar-refractivity contribution in [3.63, 3.8) is 0 Å². The number of benzene rings is 1. The first-order valence-corrected chi connectivity index (χ1v) is 4.97. The Morgan fingerprint density at radius 2 is 1.75 bits per heavy atom. The van der Waals surface area contributed by atoms with Gasteiger partial charge < -0.3 is 20.9 Å². The van der Waals surface area contributed by atoms with E-state index in [0.29, 0.717) is 18.1 Å². The molecule has 1 atom stereocenters. The number of amides is 1. The van der Waals surface area contributed by atoms with Gasteiger partial charge in [-0.3, -0.25) is 4.79 Å². The molecule has 0 unspecified atom stereocenters. The van der Waals surface area contributed by atoms with Crippen molar-refractivity contribution in [1.29, 1.82) is 0 Å². The fourth-order valence-corrected chi connectivity index (χ4v) is 1.01. The topological polar surface area (TPSA) is 87.6 Å². The Hall–Kier alpha value is -1.75. The lowest BCUT2D eigenvalue weighted by molar-refractivity contribution is -0.119. The Balaban J connectivity index is 2.44. The predicted octanol–water partition coefficient (Wildman–Crippen LogP) is 0.277. The molecule has 0 saturated carbocycles. The van der Waals surface area contributed by atoms with Gasteiger partial charge >= 0.3 is 0 Å². The molecule has 0 heterocycles. The summed E-state index contributed by atoms with van der Waals surface area (Å²) >= 11 is 0. The molecule has 16 heavy (non-hydrogen) atoms. The van der Waals surface area contributed by atoms with Gasteiger partial charge in [-0.25, -0.2) is 0 Å². The fraction of sp³-hybridized carbons (Fsp3) is 0.364. The average molecular weight is 224 g/mol. The monoisotopic (exact) mass is 224 g/mol. The highest BCUT2D eigenvalue weighted by molar-refractivity contribution is 5.75. The van der Waals surface area contributed by atoms with Gasteiger partial charge in [0, 0.05) is 6.04 Å². The summed E-state index contributed by atoms with van der Waals surface area (Å²) in [6.07, 6.45) is 0. The number of ether oxygens (including phenoxy) is 2. The molecule has 0 aliphatic carbocycles. The zero-order valence-electron chi connectivity index (χ0n) is 9.18. The number of nitrogens with two attached hydrogens (primary N) is 2. The summed E-state index contributed by atoms with van der Waals surface area (Å²) in [5.74, 6) is 0.785. The first-order chi connectivity index (χ1) is 7.58. The van der Waals surface area contributed by atoms with E-state index in [1.165, 1.54) is 0 Å². The minimum absolute atomic E-state index is 0.00853. The van der Waals surface area contributed by atoms with Crippen LogP contribution in [0.2, 0.25) is 0 Å². The van der Waals surface area contributed by atoms with Crippen molar-refractivity contribution in [1.82, 2.24) is 0 Å². The first-order valence-electron chi connectivity index (χ1n) is 4.97. The lowest BCUT2D eigenvalue weighted by Crippen LogP contribution is -2.23. The number of carbonyl (C=O) groups is 1. The van der Waals surface area contributed by atoms with Crippen molar-refractivity contribution in [3.8, 4) is 11.5 Å². The van der Waals surface area contributed by atoms with E-state index in [0.717, 1.165) is 0 Å². The van der Waals surface area contributed by atoms with Crippen molar-refractivity contribution in [2.75, 3.05) is 13.2 Å². The van der Waals surface area contributed by atoms with E-state index in [4.69, 9.17) is 20.9 Å². The van der Waals surface area contributed by atoms with Gasteiger partial charge in [-0.05, 0) is 31.2 Å². The molecule has 0 aliphatic rings. The molecule has 1 aromatic carbocycles. The molecule has 88 valence electrons. The highest BCUT2D eigenvalue weighted by atomic mass is 16.5. The third-order valence-corrected chi connectivity index (χ3v) is 1.72. The van der Waals surface area contributed by atoms with E-state index in [1.54, 1.807) is 24.3 Å². The summed E-state index contributed by atoms with van der Waals surface area (Å²) in [5.41, 5.74) is 10.5. The lowest BCUT2D eigenvalue weighted by Gasteiger charge is -2.09. The number of primary amides is 1. The molecule has 0 aliphatic heterocycles. The Bertz CT molecular complexity index is 336. The van der Waals surface area contributed by atoms with Crippen LogP contribution in [0.1, 0.15) is 6.92 Å². The summed E-state index contributed by atoms with van der Waals surface area (Å²) in [6.45, 7) is 2.20. The van der Waals surface area contributed by atoms with Crippen LogP contribution >= 0.6 is 0 Å². The van der Waals surface area contributed by atoms with Gasteiger partial charge in [0.25, 0.3) is 5.91 Å². The van der Waals surface area contributed by atoms with Crippen molar-refractivity contribution < 1.29 is 14.3 Å². The van der Waals surface area contributed by atoms with Crippen LogP contribution in [-0.4, -0.2) is 25.2 Å². The van der Waals surface area contributed by atoms with Crippen molar-refractivity contribution >= 4 is 5.91 Å². The van der Waals surface area contributed by atoms with Gasteiger partial charge in [0.15, 0.2) is 6.61 Å². The normalized spacial score (nSPS) is 11.9. The summed E-state index contributed by atoms with van der Waals surface area (Å²) in [5, 5.41) is 0.